The minimum absolute atomic E-state index is 0.0200. The number of allylic oxidation sites excluding steroid dienone is 3. The number of nitrogens with zero attached hydrogens (tertiary/aromatic N) is 2. The largest absolute Gasteiger partial charge is 0.504 e. The quantitative estimate of drug-likeness (QED) is 0.344. The van der Waals surface area contributed by atoms with Crippen LogP contribution in [0.25, 0.3) is 6.08 Å². The van der Waals surface area contributed by atoms with E-state index in [0.29, 0.717) is 12.0 Å². The van der Waals surface area contributed by atoms with Crippen LogP contribution in [-0.4, -0.2) is 46.3 Å². The number of likely N-dealkylation sites (tertiary alicyclic amines) is 1. The van der Waals surface area contributed by atoms with Crippen molar-refractivity contribution in [2.75, 3.05) is 12.0 Å². The van der Waals surface area contributed by atoms with Crippen molar-refractivity contribution < 1.29 is 33.4 Å². The van der Waals surface area contributed by atoms with E-state index in [1.165, 1.54) is 30.2 Å². The number of methoxy groups -OCH3 is 1. The number of phenolic OH excluding ortho intramolecular Hbond substituents is 1. The summed E-state index contributed by atoms with van der Waals surface area (Å²) in [7, 11) is 1.45. The number of hydrogen-bond donors (Lipinski definition) is 1. The van der Waals surface area contributed by atoms with Crippen LogP contribution >= 0.6 is 11.6 Å². The predicted molar refractivity (Wildman–Crippen MR) is 162 cm³/mol. The molecular weight excluding hydrogens is 587 g/mol. The molecule has 4 amide bonds. The molecule has 2 heterocycles. The lowest BCUT2D eigenvalue weighted by atomic mass is 9.52. The number of fused-ring (bicyclic) bond motifs is 4. The van der Waals surface area contributed by atoms with Gasteiger partial charge in [0.15, 0.2) is 11.5 Å². The minimum atomic E-state index is -1.24. The van der Waals surface area contributed by atoms with E-state index in [2.05, 4.69) is 0 Å². The highest BCUT2D eigenvalue weighted by Crippen LogP contribution is 2.61. The SMILES string of the molecule is COc1cc(C=C[C@H]2C3=CC[C@@H]4C(=O)N(C(C)(C)C)C(=O)[C@@H]4[C@@H]3C[C@H]3C(=O)N(c4ccc(F)c(Cl)c4)C(=O)[C@@]23C)ccc1O. The van der Waals surface area contributed by atoms with Crippen LogP contribution in [0.4, 0.5) is 10.1 Å². The molecule has 44 heavy (non-hydrogen) atoms. The maximum Gasteiger partial charge on any atom is 0.241 e. The van der Waals surface area contributed by atoms with Crippen molar-refractivity contribution in [2.45, 2.75) is 46.1 Å². The first-order valence-corrected chi connectivity index (χ1v) is 15.0. The normalized spacial score (nSPS) is 30.1. The fourth-order valence-corrected chi connectivity index (χ4v) is 7.93. The number of halogens is 2. The maximum absolute atomic E-state index is 14.4. The first-order chi connectivity index (χ1) is 20.7. The smallest absolute Gasteiger partial charge is 0.241 e. The first-order valence-electron chi connectivity index (χ1n) is 14.7. The average Bonchev–Trinajstić information content (AvgIpc) is 3.34. The Bertz CT molecular complexity index is 1680. The van der Waals surface area contributed by atoms with Gasteiger partial charge in [0.05, 0.1) is 41.0 Å². The fraction of sp³-hybridized carbons (Fsp3) is 0.412. The van der Waals surface area contributed by atoms with Crippen LogP contribution in [0.2, 0.25) is 5.02 Å². The van der Waals surface area contributed by atoms with Crippen LogP contribution < -0.4 is 9.64 Å². The summed E-state index contributed by atoms with van der Waals surface area (Å²) in [6.45, 7) is 7.25. The van der Waals surface area contributed by atoms with E-state index < -0.39 is 58.2 Å². The Hall–Kier alpha value is -3.98. The van der Waals surface area contributed by atoms with Gasteiger partial charge in [-0.05, 0) is 82.3 Å². The molecule has 8 nitrogen and oxygen atoms in total. The number of anilines is 1. The van der Waals surface area contributed by atoms with Gasteiger partial charge in [-0.2, -0.15) is 0 Å². The lowest BCUT2D eigenvalue weighted by Gasteiger charge is -2.48. The number of ether oxygens (including phenoxy) is 1. The summed E-state index contributed by atoms with van der Waals surface area (Å²) in [4.78, 5) is 58.4. The van der Waals surface area contributed by atoms with Crippen molar-refractivity contribution in [3.8, 4) is 11.5 Å². The molecule has 0 spiro atoms. The molecule has 0 bridgehead atoms. The molecule has 6 atom stereocenters. The maximum atomic E-state index is 14.4. The van der Waals surface area contributed by atoms with E-state index in [1.807, 2.05) is 39.0 Å². The molecule has 2 aromatic carbocycles. The summed E-state index contributed by atoms with van der Waals surface area (Å²) < 4.78 is 19.3. The molecule has 230 valence electrons. The summed E-state index contributed by atoms with van der Waals surface area (Å²) in [6, 6.07) is 8.61. The van der Waals surface area contributed by atoms with E-state index in [1.54, 1.807) is 19.1 Å². The molecule has 10 heteroatoms. The second-order valence-electron chi connectivity index (χ2n) is 13.3. The van der Waals surface area contributed by atoms with Crippen molar-refractivity contribution in [1.29, 1.82) is 0 Å². The molecule has 2 aliphatic heterocycles. The Morgan fingerprint density at radius 3 is 2.43 bits per heavy atom. The van der Waals surface area contributed by atoms with E-state index >= 15 is 0 Å². The second kappa shape index (κ2) is 10.3. The van der Waals surface area contributed by atoms with Gasteiger partial charge in [-0.25, -0.2) is 9.29 Å². The van der Waals surface area contributed by atoms with Crippen molar-refractivity contribution in [3.05, 3.63) is 70.5 Å². The monoisotopic (exact) mass is 620 g/mol. The van der Waals surface area contributed by atoms with Gasteiger partial charge in [-0.3, -0.25) is 24.1 Å². The highest BCUT2D eigenvalue weighted by Gasteiger charge is 2.67. The van der Waals surface area contributed by atoms with Crippen LogP contribution in [0, 0.1) is 40.8 Å². The van der Waals surface area contributed by atoms with Gasteiger partial charge < -0.3 is 9.84 Å². The van der Waals surface area contributed by atoms with Crippen LogP contribution in [0.1, 0.15) is 46.1 Å². The number of carbonyl (C=O) groups is 4. The second-order valence-corrected chi connectivity index (χ2v) is 13.7. The van der Waals surface area contributed by atoms with E-state index in [4.69, 9.17) is 16.3 Å². The number of imide groups is 2. The summed E-state index contributed by atoms with van der Waals surface area (Å²) >= 11 is 6.05. The van der Waals surface area contributed by atoms with Gasteiger partial charge in [0.1, 0.15) is 5.82 Å². The number of benzene rings is 2. The van der Waals surface area contributed by atoms with Crippen molar-refractivity contribution in [2.24, 2.45) is 35.0 Å². The first kappa shape index (κ1) is 30.1. The molecular formula is C34H34ClFN2O6. The summed E-state index contributed by atoms with van der Waals surface area (Å²) in [5, 5.41) is 9.87. The Balaban J connectivity index is 1.48. The summed E-state index contributed by atoms with van der Waals surface area (Å²) in [5.74, 6) is -4.80. The van der Waals surface area contributed by atoms with E-state index in [9.17, 15) is 28.7 Å². The molecule has 1 saturated carbocycles. The molecule has 3 fully saturated rings. The summed E-state index contributed by atoms with van der Waals surface area (Å²) in [6.07, 6.45) is 6.22. The van der Waals surface area contributed by atoms with Crippen molar-refractivity contribution in [1.82, 2.24) is 4.90 Å². The molecule has 2 aliphatic carbocycles. The van der Waals surface area contributed by atoms with Crippen LogP contribution in [0.15, 0.2) is 54.1 Å². The van der Waals surface area contributed by atoms with Gasteiger partial charge in [0.2, 0.25) is 23.6 Å². The third kappa shape index (κ3) is 4.30. The zero-order valence-electron chi connectivity index (χ0n) is 25.1. The molecule has 2 aromatic rings. The minimum Gasteiger partial charge on any atom is -0.504 e. The lowest BCUT2D eigenvalue weighted by Crippen LogP contribution is -2.50. The third-order valence-electron chi connectivity index (χ3n) is 9.86. The Morgan fingerprint density at radius 1 is 1.05 bits per heavy atom. The van der Waals surface area contributed by atoms with Crippen LogP contribution in [-0.2, 0) is 19.2 Å². The van der Waals surface area contributed by atoms with Gasteiger partial charge in [0, 0.05) is 11.5 Å². The Morgan fingerprint density at radius 2 is 1.77 bits per heavy atom. The number of amides is 4. The number of phenols is 1. The lowest BCUT2D eigenvalue weighted by molar-refractivity contribution is -0.145. The molecule has 0 unspecified atom stereocenters. The molecule has 0 radical (unpaired) electrons. The number of carbonyl (C=O) groups excluding carboxylic acids is 4. The Kier molecular flexibility index (Phi) is 7.03. The zero-order valence-corrected chi connectivity index (χ0v) is 25.9. The predicted octanol–water partition coefficient (Wildman–Crippen LogP) is 5.77. The topological polar surface area (TPSA) is 104 Å². The molecule has 2 saturated heterocycles. The van der Waals surface area contributed by atoms with Gasteiger partial charge in [0.25, 0.3) is 0 Å². The number of hydrogen-bond acceptors (Lipinski definition) is 6. The highest BCUT2D eigenvalue weighted by atomic mass is 35.5. The Labute approximate surface area is 260 Å². The van der Waals surface area contributed by atoms with E-state index in [0.717, 1.165) is 16.5 Å². The van der Waals surface area contributed by atoms with Crippen LogP contribution in [0.5, 0.6) is 11.5 Å². The fourth-order valence-electron chi connectivity index (χ4n) is 7.76. The molecule has 1 N–H and O–H groups in total. The van der Waals surface area contributed by atoms with Gasteiger partial charge in [-0.15, -0.1) is 0 Å². The van der Waals surface area contributed by atoms with Gasteiger partial charge in [-0.1, -0.05) is 41.5 Å². The number of aromatic hydroxyl groups is 1. The third-order valence-corrected chi connectivity index (χ3v) is 10.2. The molecule has 6 rings (SSSR count). The van der Waals surface area contributed by atoms with E-state index in [-0.39, 0.29) is 40.4 Å². The van der Waals surface area contributed by atoms with Crippen molar-refractivity contribution >= 4 is 47.0 Å². The molecule has 4 aliphatic rings. The highest BCUT2D eigenvalue weighted by molar-refractivity contribution is 6.31. The summed E-state index contributed by atoms with van der Waals surface area (Å²) in [5.41, 5.74) is -0.219. The zero-order chi connectivity index (χ0) is 31.9. The average molecular weight is 621 g/mol. The van der Waals surface area contributed by atoms with Gasteiger partial charge >= 0.3 is 0 Å². The standard InChI is InChI=1S/C34H34ClFN2O6/c1-33(2,3)38-29(40)20-10-9-19-21(28(20)31(38)42)16-23-30(41)37(18-8-12-25(36)24(35)15-18)32(43)34(23,4)22(19)11-6-17-7-13-26(39)27(14-17)44-5/h6-9,11-15,20-23,28,39H,10,16H2,1-5H3/t20-,21+,22-,23-,28-,34-/m0/s1. The molecule has 0 aromatic heterocycles. The van der Waals surface area contributed by atoms with Crippen molar-refractivity contribution in [3.63, 3.8) is 0 Å². The van der Waals surface area contributed by atoms with Crippen LogP contribution in [0.3, 0.4) is 0 Å². The number of rotatable bonds is 4.